The number of anilines is 1. The lowest BCUT2D eigenvalue weighted by molar-refractivity contribution is -0.113. The molecule has 0 spiro atoms. The minimum Gasteiger partial charge on any atom is -0.478 e. The number of benzene rings is 2. The number of aromatic carboxylic acids is 1. The molecule has 2 rings (SSSR count). The van der Waals surface area contributed by atoms with E-state index in [0.717, 1.165) is 10.5 Å². The number of thioether (sulfide) groups is 1. The first-order chi connectivity index (χ1) is 10.5. The highest BCUT2D eigenvalue weighted by atomic mass is 79.9. The molecule has 0 unspecified atom stereocenters. The van der Waals surface area contributed by atoms with Gasteiger partial charge in [0.05, 0.1) is 17.0 Å². The molecule has 0 fully saturated rings. The number of nitrogens with one attached hydrogen (secondary N) is 1. The van der Waals surface area contributed by atoms with E-state index in [4.69, 9.17) is 5.11 Å². The Hall–Kier alpha value is -1.79. The third-order valence-electron chi connectivity index (χ3n) is 2.88. The van der Waals surface area contributed by atoms with Crippen LogP contribution in [0.25, 0.3) is 0 Å². The van der Waals surface area contributed by atoms with Crippen LogP contribution in [0.2, 0.25) is 0 Å². The second kappa shape index (κ2) is 7.47. The van der Waals surface area contributed by atoms with E-state index in [-0.39, 0.29) is 17.2 Å². The average Bonchev–Trinajstić information content (AvgIpc) is 2.48. The van der Waals surface area contributed by atoms with Crippen LogP contribution in [-0.4, -0.2) is 22.7 Å². The molecule has 2 aromatic rings. The van der Waals surface area contributed by atoms with Gasteiger partial charge in [0.15, 0.2) is 0 Å². The molecule has 0 heterocycles. The highest BCUT2D eigenvalue weighted by Gasteiger charge is 2.13. The molecule has 0 aromatic heterocycles. The van der Waals surface area contributed by atoms with Gasteiger partial charge >= 0.3 is 5.97 Å². The van der Waals surface area contributed by atoms with Gasteiger partial charge in [-0.25, -0.2) is 4.79 Å². The number of hydrogen-bond acceptors (Lipinski definition) is 3. The molecule has 22 heavy (non-hydrogen) atoms. The maximum atomic E-state index is 12.0. The predicted molar refractivity (Wildman–Crippen MR) is 91.6 cm³/mol. The fourth-order valence-corrected chi connectivity index (χ4v) is 2.83. The van der Waals surface area contributed by atoms with E-state index >= 15 is 0 Å². The normalized spacial score (nSPS) is 10.3. The fourth-order valence-electron chi connectivity index (χ4n) is 1.77. The van der Waals surface area contributed by atoms with Crippen molar-refractivity contribution < 1.29 is 14.7 Å². The van der Waals surface area contributed by atoms with Crippen LogP contribution in [0.4, 0.5) is 5.69 Å². The lowest BCUT2D eigenvalue weighted by Crippen LogP contribution is -2.16. The van der Waals surface area contributed by atoms with Gasteiger partial charge in [-0.3, -0.25) is 4.79 Å². The summed E-state index contributed by atoms with van der Waals surface area (Å²) in [5, 5.41) is 11.8. The maximum absolute atomic E-state index is 12.0. The van der Waals surface area contributed by atoms with Gasteiger partial charge in [0.25, 0.3) is 0 Å². The van der Waals surface area contributed by atoms with E-state index in [1.807, 2.05) is 31.2 Å². The van der Waals surface area contributed by atoms with Gasteiger partial charge in [-0.05, 0) is 37.3 Å². The van der Waals surface area contributed by atoms with Gasteiger partial charge < -0.3 is 10.4 Å². The predicted octanol–water partition coefficient (Wildman–Crippen LogP) is 4.19. The van der Waals surface area contributed by atoms with Crippen molar-refractivity contribution in [2.45, 2.75) is 11.8 Å². The van der Waals surface area contributed by atoms with E-state index in [9.17, 15) is 9.59 Å². The summed E-state index contributed by atoms with van der Waals surface area (Å²) in [4.78, 5) is 24.2. The third kappa shape index (κ3) is 4.61. The minimum atomic E-state index is -1.08. The molecule has 0 saturated heterocycles. The fraction of sp³-hybridized carbons (Fsp3) is 0.125. The van der Waals surface area contributed by atoms with Crippen LogP contribution >= 0.6 is 27.7 Å². The topological polar surface area (TPSA) is 66.4 Å². The summed E-state index contributed by atoms with van der Waals surface area (Å²) < 4.78 is 0.650. The number of carbonyl (C=O) groups excluding carboxylic acids is 1. The summed E-state index contributed by atoms with van der Waals surface area (Å²) in [7, 11) is 0. The Morgan fingerprint density at radius 2 is 1.86 bits per heavy atom. The number of hydrogen-bond donors (Lipinski definition) is 2. The number of halogens is 1. The van der Waals surface area contributed by atoms with Crippen LogP contribution in [-0.2, 0) is 4.79 Å². The van der Waals surface area contributed by atoms with Gasteiger partial charge in [0.1, 0.15) is 0 Å². The van der Waals surface area contributed by atoms with Gasteiger partial charge in [-0.15, -0.1) is 11.8 Å². The Kier molecular flexibility index (Phi) is 5.63. The summed E-state index contributed by atoms with van der Waals surface area (Å²) >= 11 is 4.62. The zero-order valence-corrected chi connectivity index (χ0v) is 14.2. The monoisotopic (exact) mass is 379 g/mol. The van der Waals surface area contributed by atoms with Crippen molar-refractivity contribution >= 4 is 45.3 Å². The lowest BCUT2D eigenvalue weighted by atomic mass is 10.2. The number of aryl methyl sites for hydroxylation is 1. The van der Waals surface area contributed by atoms with Crippen molar-refractivity contribution in [3.8, 4) is 0 Å². The van der Waals surface area contributed by atoms with E-state index in [2.05, 4.69) is 21.2 Å². The number of amides is 1. The van der Waals surface area contributed by atoms with Gasteiger partial charge in [-0.1, -0.05) is 33.6 Å². The Bertz CT molecular complexity index is 701. The van der Waals surface area contributed by atoms with E-state index < -0.39 is 5.97 Å². The molecule has 0 aliphatic heterocycles. The van der Waals surface area contributed by atoms with Crippen LogP contribution in [0.5, 0.6) is 0 Å². The molecule has 0 atom stereocenters. The second-order valence-corrected chi connectivity index (χ2v) is 6.61. The standard InChI is InChI=1S/C16H14BrNO3S/c1-10-2-5-12(6-3-10)22-9-15(19)18-14-7-4-11(17)8-13(14)16(20)21/h2-8H,9H2,1H3,(H,18,19)(H,20,21). The van der Waals surface area contributed by atoms with Crippen LogP contribution in [0.15, 0.2) is 51.8 Å². The number of carboxylic acids is 1. The first-order valence-electron chi connectivity index (χ1n) is 6.48. The molecular weight excluding hydrogens is 366 g/mol. The SMILES string of the molecule is Cc1ccc(SCC(=O)Nc2ccc(Br)cc2C(=O)O)cc1. The number of rotatable bonds is 5. The molecule has 2 aromatic carbocycles. The first-order valence-corrected chi connectivity index (χ1v) is 8.26. The summed E-state index contributed by atoms with van der Waals surface area (Å²) in [6, 6.07) is 12.6. The van der Waals surface area contributed by atoms with Gasteiger partial charge in [0.2, 0.25) is 5.91 Å². The molecular formula is C16H14BrNO3S. The molecule has 0 saturated carbocycles. The Morgan fingerprint density at radius 1 is 1.18 bits per heavy atom. The summed E-state index contributed by atoms with van der Waals surface area (Å²) in [5.41, 5.74) is 1.52. The van der Waals surface area contributed by atoms with Crippen molar-refractivity contribution in [2.24, 2.45) is 0 Å². The first kappa shape index (κ1) is 16.6. The van der Waals surface area contributed by atoms with Crippen molar-refractivity contribution in [1.29, 1.82) is 0 Å². The second-order valence-electron chi connectivity index (χ2n) is 4.64. The van der Waals surface area contributed by atoms with Crippen LogP contribution < -0.4 is 5.32 Å². The molecule has 0 aliphatic rings. The van der Waals surface area contributed by atoms with Crippen LogP contribution in [0.1, 0.15) is 15.9 Å². The van der Waals surface area contributed by atoms with Gasteiger partial charge in [0, 0.05) is 9.37 Å². The zero-order chi connectivity index (χ0) is 16.1. The highest BCUT2D eigenvalue weighted by Crippen LogP contribution is 2.22. The zero-order valence-electron chi connectivity index (χ0n) is 11.8. The van der Waals surface area contributed by atoms with Crippen LogP contribution in [0.3, 0.4) is 0 Å². The smallest absolute Gasteiger partial charge is 0.337 e. The average molecular weight is 380 g/mol. The largest absolute Gasteiger partial charge is 0.478 e. The van der Waals surface area contributed by atoms with Crippen molar-refractivity contribution in [3.05, 3.63) is 58.1 Å². The summed E-state index contributed by atoms with van der Waals surface area (Å²) in [6.07, 6.45) is 0. The highest BCUT2D eigenvalue weighted by molar-refractivity contribution is 9.10. The van der Waals surface area contributed by atoms with E-state index in [1.165, 1.54) is 17.8 Å². The molecule has 114 valence electrons. The third-order valence-corrected chi connectivity index (χ3v) is 4.38. The number of carboxylic acid groups (broad SMARTS) is 1. The minimum absolute atomic E-state index is 0.0584. The Balaban J connectivity index is 2.00. The summed E-state index contributed by atoms with van der Waals surface area (Å²) in [6.45, 7) is 2.00. The van der Waals surface area contributed by atoms with E-state index in [0.29, 0.717) is 10.2 Å². The maximum Gasteiger partial charge on any atom is 0.337 e. The van der Waals surface area contributed by atoms with Crippen molar-refractivity contribution in [3.63, 3.8) is 0 Å². The van der Waals surface area contributed by atoms with E-state index in [1.54, 1.807) is 12.1 Å². The molecule has 2 N–H and O–H groups in total. The molecule has 0 bridgehead atoms. The Labute approximate surface area is 141 Å². The van der Waals surface area contributed by atoms with Crippen molar-refractivity contribution in [2.75, 3.05) is 11.1 Å². The quantitative estimate of drug-likeness (QED) is 0.764. The lowest BCUT2D eigenvalue weighted by Gasteiger charge is -2.09. The van der Waals surface area contributed by atoms with Crippen molar-refractivity contribution in [1.82, 2.24) is 0 Å². The molecule has 0 radical (unpaired) electrons. The molecule has 6 heteroatoms. The van der Waals surface area contributed by atoms with Gasteiger partial charge in [-0.2, -0.15) is 0 Å². The molecule has 0 aliphatic carbocycles. The molecule has 1 amide bonds. The van der Waals surface area contributed by atoms with Crippen LogP contribution in [0, 0.1) is 6.92 Å². The number of carbonyl (C=O) groups is 2. The Morgan fingerprint density at radius 3 is 2.50 bits per heavy atom. The summed E-state index contributed by atoms with van der Waals surface area (Å²) in [5.74, 6) is -1.10. The molecule has 4 nitrogen and oxygen atoms in total.